The lowest BCUT2D eigenvalue weighted by molar-refractivity contribution is -0.142. The van der Waals surface area contributed by atoms with E-state index < -0.39 is 23.8 Å². The van der Waals surface area contributed by atoms with E-state index in [0.717, 1.165) is 29.5 Å². The number of amides is 3. The summed E-state index contributed by atoms with van der Waals surface area (Å²) in [7, 11) is 0. The highest BCUT2D eigenvalue weighted by Crippen LogP contribution is 2.28. The van der Waals surface area contributed by atoms with Gasteiger partial charge in [-0.3, -0.25) is 9.59 Å². The quantitative estimate of drug-likeness (QED) is 0.439. The van der Waals surface area contributed by atoms with Gasteiger partial charge in [-0.25, -0.2) is 4.79 Å². The zero-order chi connectivity index (χ0) is 26.1. The molecule has 0 bridgehead atoms. The van der Waals surface area contributed by atoms with Crippen molar-refractivity contribution in [3.63, 3.8) is 0 Å². The van der Waals surface area contributed by atoms with Gasteiger partial charge in [-0.2, -0.15) is 0 Å². The van der Waals surface area contributed by atoms with Crippen molar-refractivity contribution >= 4 is 17.9 Å². The average molecular weight is 476 g/mol. The van der Waals surface area contributed by atoms with Crippen LogP contribution in [0.1, 0.15) is 90.5 Å². The second kappa shape index (κ2) is 13.4. The van der Waals surface area contributed by atoms with Crippen LogP contribution in [0.15, 0.2) is 18.2 Å². The monoisotopic (exact) mass is 475 g/mol. The van der Waals surface area contributed by atoms with Crippen LogP contribution in [0.2, 0.25) is 0 Å². The first kappa shape index (κ1) is 29.5. The van der Waals surface area contributed by atoms with Gasteiger partial charge in [0.25, 0.3) is 0 Å². The van der Waals surface area contributed by atoms with Crippen molar-refractivity contribution in [2.24, 2.45) is 5.92 Å². The minimum atomic E-state index is -0.800. The van der Waals surface area contributed by atoms with Gasteiger partial charge in [0.1, 0.15) is 17.7 Å². The van der Waals surface area contributed by atoms with Crippen LogP contribution in [-0.2, 0) is 14.3 Å². The third-order valence-corrected chi connectivity index (χ3v) is 5.65. The Bertz CT molecular complexity index is 830. The van der Waals surface area contributed by atoms with Crippen LogP contribution in [0, 0.1) is 19.8 Å². The molecule has 1 rings (SSSR count). The summed E-state index contributed by atoms with van der Waals surface area (Å²) in [5, 5.41) is 5.76. The van der Waals surface area contributed by atoms with Gasteiger partial charge in [0.05, 0.1) is 0 Å². The van der Waals surface area contributed by atoms with E-state index in [2.05, 4.69) is 17.6 Å². The van der Waals surface area contributed by atoms with Crippen molar-refractivity contribution in [3.8, 4) is 0 Å². The zero-order valence-corrected chi connectivity index (χ0v) is 22.6. The molecule has 7 heteroatoms. The summed E-state index contributed by atoms with van der Waals surface area (Å²) in [5.41, 5.74) is 2.15. The minimum absolute atomic E-state index is 0.153. The molecule has 0 radical (unpaired) electrons. The number of hydrogen-bond acceptors (Lipinski definition) is 4. The number of carbonyl (C=O) groups is 3. The van der Waals surface area contributed by atoms with Crippen LogP contribution in [0.25, 0.3) is 0 Å². The summed E-state index contributed by atoms with van der Waals surface area (Å²) in [5.74, 6) is -0.350. The summed E-state index contributed by atoms with van der Waals surface area (Å²) in [6, 6.07) is 4.22. The van der Waals surface area contributed by atoms with Crippen LogP contribution in [-0.4, -0.2) is 47.5 Å². The topological polar surface area (TPSA) is 87.7 Å². The molecule has 0 spiro atoms. The van der Waals surface area contributed by atoms with Gasteiger partial charge in [0.2, 0.25) is 11.8 Å². The van der Waals surface area contributed by atoms with Crippen molar-refractivity contribution in [2.45, 2.75) is 99.3 Å². The molecule has 0 aliphatic heterocycles. The van der Waals surface area contributed by atoms with Gasteiger partial charge in [-0.15, -0.1) is 0 Å². The molecule has 3 amide bonds. The number of nitrogens with one attached hydrogen (secondary N) is 2. The maximum absolute atomic E-state index is 13.8. The highest BCUT2D eigenvalue weighted by Gasteiger charge is 2.36. The Labute approximate surface area is 206 Å². The fourth-order valence-corrected chi connectivity index (χ4v) is 3.81. The summed E-state index contributed by atoms with van der Waals surface area (Å²) in [4.78, 5) is 41.4. The van der Waals surface area contributed by atoms with E-state index in [-0.39, 0.29) is 17.7 Å². The number of aryl methyl sites for hydroxylation is 1. The molecule has 192 valence electrons. The fourth-order valence-electron chi connectivity index (χ4n) is 3.81. The lowest BCUT2D eigenvalue weighted by atomic mass is 9.94. The molecule has 2 N–H and O–H groups in total. The molecule has 0 saturated carbocycles. The van der Waals surface area contributed by atoms with Crippen LogP contribution in [0.3, 0.4) is 0 Å². The van der Waals surface area contributed by atoms with Crippen molar-refractivity contribution < 1.29 is 19.1 Å². The average Bonchev–Trinajstić information content (AvgIpc) is 2.71. The fraction of sp³-hybridized carbons (Fsp3) is 0.667. The van der Waals surface area contributed by atoms with Crippen LogP contribution < -0.4 is 10.6 Å². The Balaban J connectivity index is 3.38. The van der Waals surface area contributed by atoms with E-state index in [1.807, 2.05) is 52.8 Å². The van der Waals surface area contributed by atoms with Gasteiger partial charge in [-0.1, -0.05) is 45.4 Å². The van der Waals surface area contributed by atoms with Crippen LogP contribution in [0.4, 0.5) is 4.79 Å². The molecule has 7 nitrogen and oxygen atoms in total. The molecule has 0 heterocycles. The predicted molar refractivity (Wildman–Crippen MR) is 137 cm³/mol. The number of likely N-dealkylation sites (N-methyl/N-ethyl adjacent to an activating group) is 1. The summed E-state index contributed by atoms with van der Waals surface area (Å²) in [6.45, 7) is 18.1. The van der Waals surface area contributed by atoms with Crippen molar-refractivity contribution in [1.29, 1.82) is 0 Å². The molecule has 2 atom stereocenters. The summed E-state index contributed by atoms with van der Waals surface area (Å²) in [6.07, 6.45) is 1.62. The first-order valence-electron chi connectivity index (χ1n) is 12.5. The SMILES string of the molecule is CCCCNC(=O)C(c1cccc(C)c1C)N(CC)C(=O)C(CC(C)C)NC(=O)OC(C)(C)C. The first-order chi connectivity index (χ1) is 15.8. The van der Waals surface area contributed by atoms with Crippen LogP contribution >= 0.6 is 0 Å². The minimum Gasteiger partial charge on any atom is -0.444 e. The molecule has 1 aromatic carbocycles. The van der Waals surface area contributed by atoms with Crippen molar-refractivity contribution in [2.75, 3.05) is 13.1 Å². The van der Waals surface area contributed by atoms with Gasteiger partial charge in [0.15, 0.2) is 0 Å². The molecule has 0 aromatic heterocycles. The molecule has 0 fully saturated rings. The van der Waals surface area contributed by atoms with E-state index in [9.17, 15) is 14.4 Å². The Hall–Kier alpha value is -2.57. The van der Waals surface area contributed by atoms with Crippen LogP contribution in [0.5, 0.6) is 0 Å². The number of unbranched alkanes of at least 4 members (excludes halogenated alkanes) is 1. The molecule has 0 aliphatic rings. The Morgan fingerprint density at radius 3 is 2.26 bits per heavy atom. The molecule has 2 unspecified atom stereocenters. The van der Waals surface area contributed by atoms with Crippen molar-refractivity contribution in [3.05, 3.63) is 34.9 Å². The lowest BCUT2D eigenvalue weighted by Crippen LogP contribution is -2.53. The van der Waals surface area contributed by atoms with Gasteiger partial charge < -0.3 is 20.3 Å². The zero-order valence-electron chi connectivity index (χ0n) is 22.6. The highest BCUT2D eigenvalue weighted by atomic mass is 16.6. The Morgan fingerprint density at radius 1 is 1.09 bits per heavy atom. The number of nitrogens with zero attached hydrogens (tertiary/aromatic N) is 1. The maximum atomic E-state index is 13.8. The third kappa shape index (κ3) is 8.99. The predicted octanol–water partition coefficient (Wildman–Crippen LogP) is 5.05. The van der Waals surface area contributed by atoms with E-state index in [1.54, 1.807) is 25.7 Å². The molecule has 0 saturated heterocycles. The number of rotatable bonds is 11. The number of alkyl carbamates (subject to hydrolysis) is 1. The van der Waals surface area contributed by atoms with Gasteiger partial charge >= 0.3 is 6.09 Å². The van der Waals surface area contributed by atoms with Crippen molar-refractivity contribution in [1.82, 2.24) is 15.5 Å². The van der Waals surface area contributed by atoms with Gasteiger partial charge in [0, 0.05) is 13.1 Å². The number of benzene rings is 1. The number of carbonyl (C=O) groups excluding carboxylic acids is 3. The summed E-state index contributed by atoms with van der Waals surface area (Å²) >= 11 is 0. The highest BCUT2D eigenvalue weighted by molar-refractivity contribution is 5.92. The molecule has 34 heavy (non-hydrogen) atoms. The molecule has 1 aromatic rings. The maximum Gasteiger partial charge on any atom is 0.408 e. The molecule has 0 aliphatic carbocycles. The van der Waals surface area contributed by atoms with E-state index >= 15 is 0 Å². The second-order valence-electron chi connectivity index (χ2n) is 10.3. The smallest absolute Gasteiger partial charge is 0.408 e. The third-order valence-electron chi connectivity index (χ3n) is 5.65. The van der Waals surface area contributed by atoms with E-state index in [4.69, 9.17) is 4.74 Å². The molecular formula is C27H45N3O4. The number of ether oxygens (including phenoxy) is 1. The molecular weight excluding hydrogens is 430 g/mol. The second-order valence-corrected chi connectivity index (χ2v) is 10.3. The largest absolute Gasteiger partial charge is 0.444 e. The normalized spacial score (nSPS) is 13.2. The van der Waals surface area contributed by atoms with E-state index in [1.165, 1.54) is 0 Å². The van der Waals surface area contributed by atoms with E-state index in [0.29, 0.717) is 19.5 Å². The Kier molecular flexibility index (Phi) is 11.6. The van der Waals surface area contributed by atoms with Gasteiger partial charge in [-0.05, 0) is 77.0 Å². The lowest BCUT2D eigenvalue weighted by Gasteiger charge is -2.35. The first-order valence-corrected chi connectivity index (χ1v) is 12.5. The summed E-state index contributed by atoms with van der Waals surface area (Å²) < 4.78 is 5.41. The standard InChI is InChI=1S/C27H45N3O4/c1-10-12-16-28-24(31)23(21-15-13-14-19(5)20(21)6)30(11-2)25(32)22(17-18(3)4)29-26(33)34-27(7,8)9/h13-15,18,22-23H,10-12,16-17H2,1-9H3,(H,28,31)(H,29,33). The Morgan fingerprint density at radius 2 is 1.74 bits per heavy atom. The number of hydrogen-bond donors (Lipinski definition) is 2.